The van der Waals surface area contributed by atoms with Crippen LogP contribution in [0.5, 0.6) is 5.75 Å². The molecule has 1 heterocycles. The molecule has 0 fully saturated rings. The van der Waals surface area contributed by atoms with Gasteiger partial charge in [-0.05, 0) is 69.3 Å². The average Bonchev–Trinajstić information content (AvgIpc) is 2.78. The standard InChI is InChI=1S/C27H37N2O5PS/c1-8-33-35(32,34-9-2)18-29-22-12-10-11-13-23(22)36-24(26(29)31)16-19-14-20(17-28(6)7)25(30)21(15-19)27(3,4)5/h10-16,30H,8-9,17-18H2,1-7H3. The maximum Gasteiger partial charge on any atom is 0.350 e. The number of nitrogens with zero attached hydrogens (tertiary/aromatic N) is 2. The van der Waals surface area contributed by atoms with Gasteiger partial charge in [0.05, 0.1) is 23.8 Å². The van der Waals surface area contributed by atoms with Crippen molar-refractivity contribution in [2.75, 3.05) is 38.5 Å². The number of carbonyl (C=O) groups excluding carboxylic acids is 1. The third kappa shape index (κ3) is 6.61. The minimum absolute atomic E-state index is 0.170. The van der Waals surface area contributed by atoms with E-state index in [1.54, 1.807) is 13.8 Å². The Morgan fingerprint density at radius 1 is 1.11 bits per heavy atom. The minimum Gasteiger partial charge on any atom is -0.507 e. The Balaban J connectivity index is 2.11. The number of thioether (sulfide) groups is 1. The topological polar surface area (TPSA) is 79.3 Å². The molecule has 9 heteroatoms. The fourth-order valence-electron chi connectivity index (χ4n) is 4.07. The molecule has 0 unspecified atom stereocenters. The van der Waals surface area contributed by atoms with E-state index in [1.165, 1.54) is 16.7 Å². The number of anilines is 1. The Hall–Kier alpha value is -2.09. The molecule has 0 saturated carbocycles. The third-order valence-corrected chi connectivity index (χ3v) is 8.61. The van der Waals surface area contributed by atoms with Gasteiger partial charge in [0, 0.05) is 22.6 Å². The van der Waals surface area contributed by atoms with Crippen LogP contribution in [0, 0.1) is 0 Å². The summed E-state index contributed by atoms with van der Waals surface area (Å²) >= 11 is 1.38. The van der Waals surface area contributed by atoms with Gasteiger partial charge in [0.25, 0.3) is 5.91 Å². The predicted molar refractivity (Wildman–Crippen MR) is 148 cm³/mol. The smallest absolute Gasteiger partial charge is 0.350 e. The van der Waals surface area contributed by atoms with E-state index in [1.807, 2.05) is 61.5 Å². The SMILES string of the molecule is CCOP(=O)(CN1C(=O)C(=Cc2cc(CN(C)C)c(O)c(C(C)(C)C)c2)Sc2ccccc21)OCC. The number of amides is 1. The summed E-state index contributed by atoms with van der Waals surface area (Å²) in [7, 11) is 0.380. The lowest BCUT2D eigenvalue weighted by Gasteiger charge is -2.32. The highest BCUT2D eigenvalue weighted by Crippen LogP contribution is 2.52. The van der Waals surface area contributed by atoms with Crippen molar-refractivity contribution in [2.24, 2.45) is 0 Å². The lowest BCUT2D eigenvalue weighted by atomic mass is 9.84. The van der Waals surface area contributed by atoms with Gasteiger partial charge in [-0.2, -0.15) is 0 Å². The number of benzene rings is 2. The van der Waals surface area contributed by atoms with Crippen LogP contribution in [0.4, 0.5) is 5.69 Å². The van der Waals surface area contributed by atoms with Crippen LogP contribution in [0.3, 0.4) is 0 Å². The summed E-state index contributed by atoms with van der Waals surface area (Å²) in [4.78, 5) is 18.6. The summed E-state index contributed by atoms with van der Waals surface area (Å²) in [5, 5.41) is 11.0. The molecule has 0 aromatic heterocycles. The summed E-state index contributed by atoms with van der Waals surface area (Å²) in [5.74, 6) is 0.0141. The number of rotatable bonds is 9. The molecule has 0 saturated heterocycles. The molecule has 0 radical (unpaired) electrons. The second-order valence-electron chi connectivity index (χ2n) is 9.96. The van der Waals surface area contributed by atoms with Crippen molar-refractivity contribution in [1.29, 1.82) is 0 Å². The molecule has 2 aromatic carbocycles. The first-order chi connectivity index (χ1) is 16.9. The van der Waals surface area contributed by atoms with Gasteiger partial charge >= 0.3 is 7.60 Å². The number of fused-ring (bicyclic) bond motifs is 1. The first-order valence-corrected chi connectivity index (χ1v) is 14.6. The minimum atomic E-state index is -3.52. The monoisotopic (exact) mass is 532 g/mol. The van der Waals surface area contributed by atoms with Crippen molar-refractivity contribution in [3.05, 3.63) is 58.0 Å². The normalized spacial score (nSPS) is 15.6. The molecule has 1 amide bonds. The van der Waals surface area contributed by atoms with Crippen LogP contribution >= 0.6 is 19.4 Å². The highest BCUT2D eigenvalue weighted by molar-refractivity contribution is 8.04. The zero-order valence-electron chi connectivity index (χ0n) is 22.2. The predicted octanol–water partition coefficient (Wildman–Crippen LogP) is 6.45. The molecular formula is C27H37N2O5PS. The van der Waals surface area contributed by atoms with E-state index in [2.05, 4.69) is 20.8 Å². The summed E-state index contributed by atoms with van der Waals surface area (Å²) in [6, 6.07) is 11.4. The Kier molecular flexibility index (Phi) is 9.12. The Morgan fingerprint density at radius 2 is 1.75 bits per heavy atom. The Bertz CT molecular complexity index is 1180. The van der Waals surface area contributed by atoms with E-state index in [9.17, 15) is 14.5 Å². The Morgan fingerprint density at radius 3 is 2.33 bits per heavy atom. The molecule has 1 aliphatic heterocycles. The zero-order chi connectivity index (χ0) is 26.7. The molecule has 0 atom stereocenters. The van der Waals surface area contributed by atoms with Crippen molar-refractivity contribution in [1.82, 2.24) is 4.90 Å². The van der Waals surface area contributed by atoms with Crippen molar-refractivity contribution in [3.63, 3.8) is 0 Å². The van der Waals surface area contributed by atoms with Crippen molar-refractivity contribution in [2.45, 2.75) is 51.5 Å². The van der Waals surface area contributed by atoms with Gasteiger partial charge in [0.15, 0.2) is 0 Å². The summed E-state index contributed by atoms with van der Waals surface area (Å²) in [6.45, 7) is 10.7. The largest absolute Gasteiger partial charge is 0.507 e. The van der Waals surface area contributed by atoms with E-state index in [0.29, 0.717) is 17.1 Å². The third-order valence-electron chi connectivity index (χ3n) is 5.60. The van der Waals surface area contributed by atoms with Gasteiger partial charge in [-0.25, -0.2) is 0 Å². The van der Waals surface area contributed by atoms with Crippen LogP contribution in [-0.2, 0) is 30.4 Å². The van der Waals surface area contributed by atoms with Crippen LogP contribution in [0.25, 0.3) is 6.08 Å². The van der Waals surface area contributed by atoms with Crippen LogP contribution in [0.1, 0.15) is 51.3 Å². The molecule has 1 aliphatic rings. The van der Waals surface area contributed by atoms with Gasteiger partial charge in [-0.3, -0.25) is 14.3 Å². The van der Waals surface area contributed by atoms with Gasteiger partial charge in [-0.15, -0.1) is 0 Å². The number of phenolic OH excluding ortho intramolecular Hbond substituents is 1. The van der Waals surface area contributed by atoms with E-state index in [-0.39, 0.29) is 36.6 Å². The molecule has 7 nitrogen and oxygen atoms in total. The van der Waals surface area contributed by atoms with Crippen LogP contribution in [0.2, 0.25) is 0 Å². The second-order valence-corrected chi connectivity index (χ2v) is 13.1. The number of hydrogen-bond acceptors (Lipinski definition) is 7. The average molecular weight is 533 g/mol. The van der Waals surface area contributed by atoms with Gasteiger partial charge in [0.1, 0.15) is 12.0 Å². The maximum atomic E-state index is 13.7. The van der Waals surface area contributed by atoms with Crippen molar-refractivity contribution >= 4 is 37.0 Å². The fourth-order valence-corrected chi connectivity index (χ4v) is 6.79. The summed E-state index contributed by atoms with van der Waals surface area (Å²) in [6.07, 6.45) is 1.67. The van der Waals surface area contributed by atoms with Crippen molar-refractivity contribution < 1.29 is 23.5 Å². The number of carbonyl (C=O) groups is 1. The Labute approximate surface area is 219 Å². The lowest BCUT2D eigenvalue weighted by Crippen LogP contribution is -2.35. The summed E-state index contributed by atoms with van der Waals surface area (Å²) in [5.41, 5.74) is 2.82. The molecule has 0 aliphatic carbocycles. The fraction of sp³-hybridized carbons (Fsp3) is 0.444. The van der Waals surface area contributed by atoms with Gasteiger partial charge in [0.2, 0.25) is 0 Å². The second kappa shape index (κ2) is 11.5. The van der Waals surface area contributed by atoms with E-state index < -0.39 is 7.60 Å². The van der Waals surface area contributed by atoms with Gasteiger partial charge < -0.3 is 19.1 Å². The molecule has 1 N–H and O–H groups in total. The molecular weight excluding hydrogens is 495 g/mol. The molecule has 36 heavy (non-hydrogen) atoms. The zero-order valence-corrected chi connectivity index (χ0v) is 23.9. The van der Waals surface area contributed by atoms with Crippen molar-refractivity contribution in [3.8, 4) is 5.75 Å². The molecule has 0 bridgehead atoms. The van der Waals surface area contributed by atoms with Crippen LogP contribution in [0.15, 0.2) is 46.2 Å². The number of para-hydroxylation sites is 1. The number of phenols is 1. The quantitative estimate of drug-likeness (QED) is 0.293. The maximum absolute atomic E-state index is 13.7. The molecule has 0 spiro atoms. The first kappa shape index (κ1) is 28.5. The van der Waals surface area contributed by atoms with E-state index in [0.717, 1.165) is 21.6 Å². The molecule has 2 aromatic rings. The number of hydrogen-bond donors (Lipinski definition) is 1. The van der Waals surface area contributed by atoms with E-state index in [4.69, 9.17) is 9.05 Å². The van der Waals surface area contributed by atoms with Gasteiger partial charge in [-0.1, -0.05) is 44.7 Å². The highest BCUT2D eigenvalue weighted by Gasteiger charge is 2.36. The molecule has 3 rings (SSSR count). The first-order valence-electron chi connectivity index (χ1n) is 12.1. The van der Waals surface area contributed by atoms with E-state index >= 15 is 0 Å². The molecule has 196 valence electrons. The number of aromatic hydroxyl groups is 1. The van der Waals surface area contributed by atoms with Crippen LogP contribution in [-0.4, -0.2) is 49.5 Å². The highest BCUT2D eigenvalue weighted by atomic mass is 32.2. The lowest BCUT2D eigenvalue weighted by molar-refractivity contribution is -0.114. The summed E-state index contributed by atoms with van der Waals surface area (Å²) < 4.78 is 24.3. The van der Waals surface area contributed by atoms with Crippen LogP contribution < -0.4 is 4.90 Å².